The summed E-state index contributed by atoms with van der Waals surface area (Å²) in [6.45, 7) is 0. The summed E-state index contributed by atoms with van der Waals surface area (Å²) in [6, 6.07) is 15.6. The van der Waals surface area contributed by atoms with Crippen molar-refractivity contribution in [3.8, 4) is 0 Å². The van der Waals surface area contributed by atoms with E-state index in [2.05, 4.69) is 5.32 Å². The van der Waals surface area contributed by atoms with Gasteiger partial charge in [-0.2, -0.15) is 0 Å². The van der Waals surface area contributed by atoms with E-state index >= 15 is 0 Å². The van der Waals surface area contributed by atoms with Crippen LogP contribution in [0.15, 0.2) is 54.6 Å². The number of carbonyl (C=O) groups is 2. The molecule has 1 heterocycles. The summed E-state index contributed by atoms with van der Waals surface area (Å²) in [5.74, 6) is -0.529. The Hall–Kier alpha value is -2.33. The normalized spacial score (nSPS) is 18.1. The van der Waals surface area contributed by atoms with E-state index in [4.69, 9.17) is 11.6 Å². The van der Waals surface area contributed by atoms with Gasteiger partial charge in [-0.3, -0.25) is 9.59 Å². The van der Waals surface area contributed by atoms with E-state index in [9.17, 15) is 9.59 Å². The molecule has 2 aromatic rings. The molecule has 0 unspecified atom stereocenters. The van der Waals surface area contributed by atoms with Gasteiger partial charge in [-0.1, -0.05) is 41.9 Å². The number of para-hydroxylation sites is 2. The van der Waals surface area contributed by atoms with Gasteiger partial charge in [0, 0.05) is 5.69 Å². The van der Waals surface area contributed by atoms with Gasteiger partial charge in [0.2, 0.25) is 5.91 Å². The van der Waals surface area contributed by atoms with Gasteiger partial charge >= 0.3 is 0 Å². The van der Waals surface area contributed by atoms with Crippen molar-refractivity contribution >= 4 is 34.8 Å². The third kappa shape index (κ3) is 2.62. The van der Waals surface area contributed by atoms with Crippen LogP contribution in [0.4, 0.5) is 11.4 Å². The predicted octanol–water partition coefficient (Wildman–Crippen LogP) is 3.08. The number of hydrogen-bond acceptors (Lipinski definition) is 3. The Bertz CT molecular complexity index is 688. The highest BCUT2D eigenvalue weighted by Crippen LogP contribution is 2.30. The zero-order chi connectivity index (χ0) is 14.8. The topological polar surface area (TPSA) is 49.4 Å². The number of imide groups is 1. The number of halogens is 1. The smallest absolute Gasteiger partial charge is 0.256 e. The van der Waals surface area contributed by atoms with Crippen LogP contribution in [-0.4, -0.2) is 17.9 Å². The Morgan fingerprint density at radius 2 is 1.67 bits per heavy atom. The van der Waals surface area contributed by atoms with E-state index in [1.165, 1.54) is 0 Å². The molecular formula is C16H13ClN2O2. The zero-order valence-corrected chi connectivity index (χ0v) is 11.9. The molecule has 2 amide bonds. The molecule has 1 aliphatic rings. The van der Waals surface area contributed by atoms with Crippen molar-refractivity contribution in [1.29, 1.82) is 0 Å². The van der Waals surface area contributed by atoms with Crippen LogP contribution in [0.5, 0.6) is 0 Å². The number of benzene rings is 2. The number of anilines is 2. The monoisotopic (exact) mass is 300 g/mol. The van der Waals surface area contributed by atoms with Crippen molar-refractivity contribution in [2.45, 2.75) is 12.5 Å². The number of rotatable bonds is 3. The van der Waals surface area contributed by atoms with Crippen LogP contribution in [0, 0.1) is 0 Å². The first-order chi connectivity index (χ1) is 10.2. The lowest BCUT2D eigenvalue weighted by molar-refractivity contribution is -0.121. The molecule has 2 aromatic carbocycles. The molecule has 0 aliphatic carbocycles. The summed E-state index contributed by atoms with van der Waals surface area (Å²) >= 11 is 6.08. The van der Waals surface area contributed by atoms with Crippen LogP contribution < -0.4 is 10.2 Å². The summed E-state index contributed by atoms with van der Waals surface area (Å²) in [5.41, 5.74) is 1.25. The average molecular weight is 301 g/mol. The Balaban J connectivity index is 1.84. The highest BCUT2D eigenvalue weighted by Gasteiger charge is 2.40. The lowest BCUT2D eigenvalue weighted by Crippen LogP contribution is -2.34. The molecule has 0 aromatic heterocycles. The lowest BCUT2D eigenvalue weighted by atomic mass is 10.2. The van der Waals surface area contributed by atoms with E-state index in [1.807, 2.05) is 30.3 Å². The minimum absolute atomic E-state index is 0.124. The second-order valence-corrected chi connectivity index (χ2v) is 5.19. The van der Waals surface area contributed by atoms with Crippen LogP contribution in [0.1, 0.15) is 6.42 Å². The molecule has 1 fully saturated rings. The number of amides is 2. The number of nitrogens with zero attached hydrogens (tertiary/aromatic N) is 1. The van der Waals surface area contributed by atoms with Crippen molar-refractivity contribution in [2.24, 2.45) is 0 Å². The summed E-state index contributed by atoms with van der Waals surface area (Å²) < 4.78 is 0. The van der Waals surface area contributed by atoms with E-state index in [1.54, 1.807) is 24.3 Å². The van der Waals surface area contributed by atoms with Crippen molar-refractivity contribution in [2.75, 3.05) is 10.2 Å². The highest BCUT2D eigenvalue weighted by atomic mass is 35.5. The number of nitrogens with one attached hydrogen (secondary N) is 1. The molecular weight excluding hydrogens is 288 g/mol. The van der Waals surface area contributed by atoms with Crippen molar-refractivity contribution in [3.63, 3.8) is 0 Å². The van der Waals surface area contributed by atoms with E-state index < -0.39 is 6.04 Å². The molecule has 4 nitrogen and oxygen atoms in total. The quantitative estimate of drug-likeness (QED) is 0.886. The first-order valence-corrected chi connectivity index (χ1v) is 6.97. The number of carbonyl (C=O) groups excluding carboxylic acids is 2. The second kappa shape index (κ2) is 5.58. The predicted molar refractivity (Wildman–Crippen MR) is 82.4 cm³/mol. The summed E-state index contributed by atoms with van der Waals surface area (Å²) in [4.78, 5) is 25.8. The molecule has 0 bridgehead atoms. The summed E-state index contributed by atoms with van der Waals surface area (Å²) in [6.07, 6.45) is 0.124. The van der Waals surface area contributed by atoms with Crippen LogP contribution in [-0.2, 0) is 9.59 Å². The van der Waals surface area contributed by atoms with Gasteiger partial charge in [-0.25, -0.2) is 4.90 Å². The molecule has 1 N–H and O–H groups in total. The molecule has 106 valence electrons. The molecule has 3 rings (SSSR count). The molecule has 0 saturated carbocycles. The SMILES string of the molecule is O=C1C[C@H](Nc2ccccc2)C(=O)N1c1ccccc1Cl. The Kier molecular flexibility index (Phi) is 3.62. The van der Waals surface area contributed by atoms with Gasteiger partial charge < -0.3 is 5.32 Å². The Morgan fingerprint density at radius 1 is 1.00 bits per heavy atom. The van der Waals surface area contributed by atoms with Gasteiger partial charge in [0.1, 0.15) is 6.04 Å². The van der Waals surface area contributed by atoms with Crippen molar-refractivity contribution in [1.82, 2.24) is 0 Å². The largest absolute Gasteiger partial charge is 0.373 e. The molecule has 5 heteroatoms. The van der Waals surface area contributed by atoms with E-state index in [0.717, 1.165) is 10.6 Å². The fourth-order valence-electron chi connectivity index (χ4n) is 2.37. The molecule has 1 atom stereocenters. The van der Waals surface area contributed by atoms with Crippen molar-refractivity contribution in [3.05, 3.63) is 59.6 Å². The molecule has 21 heavy (non-hydrogen) atoms. The number of hydrogen-bond donors (Lipinski definition) is 1. The van der Waals surface area contributed by atoms with Crippen LogP contribution in [0.25, 0.3) is 0 Å². The fourth-order valence-corrected chi connectivity index (χ4v) is 2.59. The Morgan fingerprint density at radius 3 is 2.38 bits per heavy atom. The maximum Gasteiger partial charge on any atom is 0.256 e. The van der Waals surface area contributed by atoms with Gasteiger partial charge in [0.25, 0.3) is 5.91 Å². The van der Waals surface area contributed by atoms with E-state index in [-0.39, 0.29) is 18.2 Å². The zero-order valence-electron chi connectivity index (χ0n) is 11.1. The minimum Gasteiger partial charge on any atom is -0.373 e. The van der Waals surface area contributed by atoms with Crippen LogP contribution >= 0.6 is 11.6 Å². The minimum atomic E-state index is -0.559. The third-order valence-corrected chi connectivity index (χ3v) is 3.67. The second-order valence-electron chi connectivity index (χ2n) is 4.79. The maximum absolute atomic E-state index is 12.5. The standard InChI is InChI=1S/C16H13ClN2O2/c17-12-8-4-5-9-14(12)19-15(20)10-13(16(19)21)18-11-6-2-1-3-7-11/h1-9,13,18H,10H2/t13-/m0/s1. The average Bonchev–Trinajstić information content (AvgIpc) is 2.76. The third-order valence-electron chi connectivity index (χ3n) is 3.35. The van der Waals surface area contributed by atoms with Crippen LogP contribution in [0.3, 0.4) is 0 Å². The maximum atomic E-state index is 12.5. The van der Waals surface area contributed by atoms with Gasteiger partial charge in [0.05, 0.1) is 17.1 Å². The Labute approximate surface area is 127 Å². The summed E-state index contributed by atoms with van der Waals surface area (Å²) in [5, 5.41) is 3.47. The fraction of sp³-hybridized carbons (Fsp3) is 0.125. The molecule has 1 saturated heterocycles. The summed E-state index contributed by atoms with van der Waals surface area (Å²) in [7, 11) is 0. The van der Waals surface area contributed by atoms with Crippen molar-refractivity contribution < 1.29 is 9.59 Å². The van der Waals surface area contributed by atoms with E-state index in [0.29, 0.717) is 10.7 Å². The van der Waals surface area contributed by atoms with Gasteiger partial charge in [-0.15, -0.1) is 0 Å². The molecule has 0 spiro atoms. The first-order valence-electron chi connectivity index (χ1n) is 6.60. The molecule has 0 radical (unpaired) electrons. The molecule has 1 aliphatic heterocycles. The first kappa shape index (κ1) is 13.6. The lowest BCUT2D eigenvalue weighted by Gasteiger charge is -2.17. The highest BCUT2D eigenvalue weighted by molar-refractivity contribution is 6.36. The van der Waals surface area contributed by atoms with Crippen LogP contribution in [0.2, 0.25) is 5.02 Å². The van der Waals surface area contributed by atoms with Gasteiger partial charge in [-0.05, 0) is 24.3 Å². The van der Waals surface area contributed by atoms with Gasteiger partial charge in [0.15, 0.2) is 0 Å².